The number of hydrazine groups is 1. The van der Waals surface area contributed by atoms with Crippen LogP contribution in [0.25, 0.3) is 0 Å². The quantitative estimate of drug-likeness (QED) is 0.219. The van der Waals surface area contributed by atoms with E-state index in [1.165, 1.54) is 6.21 Å². The Kier molecular flexibility index (Phi) is 5.27. The Morgan fingerprint density at radius 1 is 1.67 bits per heavy atom. The van der Waals surface area contributed by atoms with E-state index in [4.69, 9.17) is 5.73 Å². The van der Waals surface area contributed by atoms with Gasteiger partial charge in [0.05, 0.1) is 9.78 Å². The lowest BCUT2D eigenvalue weighted by molar-refractivity contribution is -0.525. The molecule has 0 saturated carbocycles. The van der Waals surface area contributed by atoms with Crippen molar-refractivity contribution in [1.82, 2.24) is 5.43 Å². The number of benzene rings is 1. The average molecular weight is 428 g/mol. The van der Waals surface area contributed by atoms with Crippen LogP contribution < -0.4 is 11.2 Å². The van der Waals surface area contributed by atoms with Crippen LogP contribution in [-0.2, 0) is 0 Å². The summed E-state index contributed by atoms with van der Waals surface area (Å²) in [6.45, 7) is 0. The molecule has 0 radical (unpaired) electrons. The molecule has 0 aromatic heterocycles. The maximum atomic E-state index is 10.0. The molecule has 10 heteroatoms. The molecule has 0 bridgehead atoms. The zero-order valence-electron chi connectivity index (χ0n) is 8.67. The van der Waals surface area contributed by atoms with E-state index in [1.54, 1.807) is 17.6 Å². The van der Waals surface area contributed by atoms with E-state index in [0.29, 0.717) is 9.13 Å². The number of nitrogens with one attached hydrogen (secondary N) is 1. The summed E-state index contributed by atoms with van der Waals surface area (Å²) in [6, 6.07) is 3.34. The molecule has 0 amide bonds. The highest BCUT2D eigenvalue weighted by Gasteiger charge is 2.05. The summed E-state index contributed by atoms with van der Waals surface area (Å²) in [5, 5.41) is 25.7. The Labute approximate surface area is 123 Å². The zero-order chi connectivity index (χ0) is 13.7. The SMILES string of the molecule is NC(=N/N=C/c1cc(Br)cc(I)c1O)N[N+](=O)[O-]. The largest absolute Gasteiger partial charge is 0.506 e. The Morgan fingerprint density at radius 3 is 2.94 bits per heavy atom. The topological polar surface area (TPSA) is 126 Å². The minimum atomic E-state index is -0.853. The van der Waals surface area contributed by atoms with Crippen molar-refractivity contribution in [2.24, 2.45) is 15.9 Å². The molecule has 0 fully saturated rings. The van der Waals surface area contributed by atoms with Crippen molar-refractivity contribution in [2.45, 2.75) is 0 Å². The number of halogens is 2. The van der Waals surface area contributed by atoms with Crippen molar-refractivity contribution in [2.75, 3.05) is 0 Å². The highest BCUT2D eigenvalue weighted by molar-refractivity contribution is 14.1. The number of hydrogen-bond donors (Lipinski definition) is 3. The number of rotatable bonds is 3. The second kappa shape index (κ2) is 6.49. The predicted octanol–water partition coefficient (Wildman–Crippen LogP) is 1.19. The number of aromatic hydroxyl groups is 1. The van der Waals surface area contributed by atoms with Gasteiger partial charge in [-0.15, -0.1) is 5.10 Å². The van der Waals surface area contributed by atoms with Gasteiger partial charge < -0.3 is 10.8 Å². The molecule has 4 N–H and O–H groups in total. The summed E-state index contributed by atoms with van der Waals surface area (Å²) in [5.41, 5.74) is 7.18. The summed E-state index contributed by atoms with van der Waals surface area (Å²) in [5.74, 6) is -0.418. The fourth-order valence-electron chi connectivity index (χ4n) is 0.953. The van der Waals surface area contributed by atoms with Crippen LogP contribution in [0, 0.1) is 13.7 Å². The number of nitro groups is 1. The van der Waals surface area contributed by atoms with Crippen molar-refractivity contribution >= 4 is 50.7 Å². The van der Waals surface area contributed by atoms with Crippen molar-refractivity contribution in [3.05, 3.63) is 35.9 Å². The van der Waals surface area contributed by atoms with Crippen LogP contribution in [0.15, 0.2) is 26.8 Å². The molecule has 0 aliphatic rings. The van der Waals surface area contributed by atoms with Gasteiger partial charge in [-0.25, -0.2) is 10.1 Å². The highest BCUT2D eigenvalue weighted by Crippen LogP contribution is 2.27. The van der Waals surface area contributed by atoms with Crippen LogP contribution in [-0.4, -0.2) is 22.3 Å². The minimum absolute atomic E-state index is 0.0403. The molecule has 0 saturated heterocycles. The molecule has 1 aromatic carbocycles. The van der Waals surface area contributed by atoms with E-state index in [1.807, 2.05) is 22.6 Å². The lowest BCUT2D eigenvalue weighted by Gasteiger charge is -2.01. The summed E-state index contributed by atoms with van der Waals surface area (Å²) < 4.78 is 1.38. The lowest BCUT2D eigenvalue weighted by atomic mass is 10.2. The third-order valence-corrected chi connectivity index (χ3v) is 2.91. The van der Waals surface area contributed by atoms with Gasteiger partial charge in [-0.1, -0.05) is 21.4 Å². The van der Waals surface area contributed by atoms with Crippen LogP contribution in [0.1, 0.15) is 5.56 Å². The van der Waals surface area contributed by atoms with Gasteiger partial charge in [-0.2, -0.15) is 5.10 Å². The van der Waals surface area contributed by atoms with Crippen LogP contribution in [0.2, 0.25) is 0 Å². The first-order valence-corrected chi connectivity index (χ1v) is 6.23. The van der Waals surface area contributed by atoms with Gasteiger partial charge in [0.25, 0.3) is 5.96 Å². The first-order valence-electron chi connectivity index (χ1n) is 4.35. The van der Waals surface area contributed by atoms with E-state index < -0.39 is 11.0 Å². The third-order valence-electron chi connectivity index (χ3n) is 1.63. The fraction of sp³-hybridized carbons (Fsp3) is 0. The number of phenolic OH excluding ortho intramolecular Hbond substituents is 1. The van der Waals surface area contributed by atoms with E-state index >= 15 is 0 Å². The van der Waals surface area contributed by atoms with Crippen molar-refractivity contribution in [3.63, 3.8) is 0 Å². The summed E-state index contributed by atoms with van der Waals surface area (Å²) in [4.78, 5) is 10.0. The molecular weight excluding hydrogens is 421 g/mol. The zero-order valence-corrected chi connectivity index (χ0v) is 12.4. The molecule has 18 heavy (non-hydrogen) atoms. The molecule has 0 unspecified atom stereocenters. The van der Waals surface area contributed by atoms with Crippen molar-refractivity contribution < 1.29 is 10.1 Å². The molecular formula is C8H7BrIN5O3. The Hall–Kier alpha value is -1.43. The molecule has 0 aliphatic heterocycles. The number of nitrogens with zero attached hydrogens (tertiary/aromatic N) is 3. The molecule has 0 spiro atoms. The lowest BCUT2D eigenvalue weighted by Crippen LogP contribution is -2.35. The van der Waals surface area contributed by atoms with Crippen molar-refractivity contribution in [3.8, 4) is 5.75 Å². The highest BCUT2D eigenvalue weighted by atomic mass is 127. The smallest absolute Gasteiger partial charge is 0.275 e. The normalized spacial score (nSPS) is 11.8. The number of hydrogen-bond acceptors (Lipinski definition) is 5. The van der Waals surface area contributed by atoms with Gasteiger partial charge >= 0.3 is 0 Å². The van der Waals surface area contributed by atoms with E-state index in [0.717, 1.165) is 4.47 Å². The van der Waals surface area contributed by atoms with E-state index in [-0.39, 0.29) is 5.75 Å². The minimum Gasteiger partial charge on any atom is -0.506 e. The number of guanidine groups is 1. The van der Waals surface area contributed by atoms with Crippen LogP contribution in [0.3, 0.4) is 0 Å². The van der Waals surface area contributed by atoms with Crippen LogP contribution in [0.4, 0.5) is 0 Å². The third kappa shape index (κ3) is 4.44. The molecule has 0 heterocycles. The summed E-state index contributed by atoms with van der Waals surface area (Å²) in [6.07, 6.45) is 1.23. The van der Waals surface area contributed by atoms with Gasteiger partial charge in [0.2, 0.25) is 0 Å². The predicted molar refractivity (Wildman–Crippen MR) is 77.9 cm³/mol. The number of nitrogens with two attached hydrogens (primary N) is 1. The Morgan fingerprint density at radius 2 is 2.33 bits per heavy atom. The molecule has 1 rings (SSSR count). The van der Waals surface area contributed by atoms with Gasteiger partial charge in [0.15, 0.2) is 5.03 Å². The van der Waals surface area contributed by atoms with E-state index in [2.05, 4.69) is 26.1 Å². The molecule has 0 atom stereocenters. The molecule has 1 aromatic rings. The number of phenols is 1. The molecule has 96 valence electrons. The first kappa shape index (κ1) is 14.6. The summed E-state index contributed by atoms with van der Waals surface area (Å²) in [7, 11) is 0. The fourth-order valence-corrected chi connectivity index (χ4v) is 2.50. The van der Waals surface area contributed by atoms with Crippen LogP contribution >= 0.6 is 38.5 Å². The summed E-state index contributed by atoms with van der Waals surface area (Å²) >= 11 is 5.21. The average Bonchev–Trinajstić information content (AvgIpc) is 2.23. The standard InChI is InChI=1S/C8H7BrIN5O3/c9-5-1-4(7(16)6(10)2-5)3-12-13-8(11)14-15(17)18/h1-3,16H,(H3,11,13,14)/b12-3+. The second-order valence-electron chi connectivity index (χ2n) is 2.92. The second-order valence-corrected chi connectivity index (χ2v) is 5.00. The Balaban J connectivity index is 2.88. The molecule has 8 nitrogen and oxygen atoms in total. The van der Waals surface area contributed by atoms with Gasteiger partial charge in [0, 0.05) is 10.0 Å². The maximum absolute atomic E-state index is 10.0. The van der Waals surface area contributed by atoms with Crippen molar-refractivity contribution in [1.29, 1.82) is 0 Å². The monoisotopic (exact) mass is 427 g/mol. The first-order chi connectivity index (χ1) is 8.40. The maximum Gasteiger partial charge on any atom is 0.275 e. The van der Waals surface area contributed by atoms with E-state index in [9.17, 15) is 15.2 Å². The van der Waals surface area contributed by atoms with Gasteiger partial charge in [-0.05, 0) is 34.7 Å². The van der Waals surface area contributed by atoms with Gasteiger partial charge in [0.1, 0.15) is 5.75 Å². The Bertz CT molecular complexity index is 534. The van der Waals surface area contributed by atoms with Crippen LogP contribution in [0.5, 0.6) is 5.75 Å². The van der Waals surface area contributed by atoms with Gasteiger partial charge in [-0.3, -0.25) is 0 Å². The molecule has 0 aliphatic carbocycles.